The van der Waals surface area contributed by atoms with E-state index >= 15 is 0 Å². The lowest BCUT2D eigenvalue weighted by molar-refractivity contribution is 0.389. The van der Waals surface area contributed by atoms with Crippen LogP contribution in [0.3, 0.4) is 0 Å². The van der Waals surface area contributed by atoms with Gasteiger partial charge in [-0.1, -0.05) is 79.6 Å². The third-order valence-electron chi connectivity index (χ3n) is 11.1. The van der Waals surface area contributed by atoms with Gasteiger partial charge in [0, 0.05) is 38.2 Å². The van der Waals surface area contributed by atoms with Crippen LogP contribution in [0.5, 0.6) is 23.0 Å². The Balaban J connectivity index is 1.51. The Hall–Kier alpha value is -4.70. The fraction of sp³-hybridized carbons (Fsp3) is 0.268. The van der Waals surface area contributed by atoms with Crippen molar-refractivity contribution in [2.24, 2.45) is 0 Å². The van der Waals surface area contributed by atoms with Crippen molar-refractivity contribution < 1.29 is 20.4 Å². The van der Waals surface area contributed by atoms with Crippen LogP contribution in [0.1, 0.15) is 78.2 Å². The lowest BCUT2D eigenvalue weighted by Crippen LogP contribution is -2.13. The fourth-order valence-corrected chi connectivity index (χ4v) is 7.99. The molecular weight excluding hydrogens is 556 g/mol. The maximum absolute atomic E-state index is 12.3. The fourth-order valence-electron chi connectivity index (χ4n) is 7.99. The van der Waals surface area contributed by atoms with Gasteiger partial charge in [-0.05, 0) is 102 Å². The summed E-state index contributed by atoms with van der Waals surface area (Å²) in [5.41, 5.74) is 7.75. The van der Waals surface area contributed by atoms with E-state index in [1.165, 1.54) is 10.8 Å². The number of phenols is 4. The van der Waals surface area contributed by atoms with Crippen LogP contribution < -0.4 is 0 Å². The summed E-state index contributed by atoms with van der Waals surface area (Å²) >= 11 is 0. The molecule has 0 aliphatic heterocycles. The lowest BCUT2D eigenvalue weighted by atomic mass is 9.72. The molecule has 0 radical (unpaired) electrons. The second-order valence-electron chi connectivity index (χ2n) is 13.3. The summed E-state index contributed by atoms with van der Waals surface area (Å²) in [5.74, 6) is 0.587. The van der Waals surface area contributed by atoms with Crippen molar-refractivity contribution in [1.82, 2.24) is 0 Å². The normalized spacial score (nSPS) is 15.5. The van der Waals surface area contributed by atoms with E-state index in [4.69, 9.17) is 0 Å². The number of rotatable bonds is 4. The summed E-state index contributed by atoms with van der Waals surface area (Å²) in [6.07, 6.45) is 6.12. The maximum Gasteiger partial charge on any atom is 0.132 e. The van der Waals surface area contributed by atoms with Crippen LogP contribution in [-0.4, -0.2) is 20.4 Å². The van der Waals surface area contributed by atoms with Gasteiger partial charge in [0.25, 0.3) is 0 Å². The van der Waals surface area contributed by atoms with Crippen molar-refractivity contribution in [2.45, 2.75) is 71.1 Å². The van der Waals surface area contributed by atoms with Gasteiger partial charge in [-0.3, -0.25) is 0 Å². The molecule has 4 N–H and O–H groups in total. The maximum atomic E-state index is 12.3. The van der Waals surface area contributed by atoms with Crippen molar-refractivity contribution >= 4 is 32.3 Å². The van der Waals surface area contributed by atoms with Crippen LogP contribution in [0.4, 0.5) is 0 Å². The standard InChI is InChI=1S/C41H38O4/c1-21-22(2)38(42)35-32(28-19-17-25(18-20-28)30-16-8-10-24-9-4-5-15-29(24)30)36-37(41(45)34(35)31(21)26-11-6-12-26)33(27-13-7-14-27)39(43)23(3)40(36)44/h4-5,8-10,15-20,26-27,42-45H,6-7,11-14H2,1-3H3. The van der Waals surface area contributed by atoms with Gasteiger partial charge >= 0.3 is 0 Å². The number of benzene rings is 6. The van der Waals surface area contributed by atoms with Gasteiger partial charge in [0.05, 0.1) is 0 Å². The average Bonchev–Trinajstić information content (AvgIpc) is 3.01. The molecule has 8 rings (SSSR count). The van der Waals surface area contributed by atoms with Gasteiger partial charge in [-0.25, -0.2) is 0 Å². The second-order valence-corrected chi connectivity index (χ2v) is 13.3. The Morgan fingerprint density at radius 3 is 1.69 bits per heavy atom. The van der Waals surface area contributed by atoms with Gasteiger partial charge in [0.2, 0.25) is 0 Å². The van der Waals surface area contributed by atoms with Crippen LogP contribution in [-0.2, 0) is 0 Å². The van der Waals surface area contributed by atoms with Crippen LogP contribution >= 0.6 is 0 Å². The first-order valence-electron chi connectivity index (χ1n) is 16.2. The summed E-state index contributed by atoms with van der Waals surface area (Å²) in [4.78, 5) is 0. The Bertz CT molecular complexity index is 2090. The molecule has 0 atom stereocenters. The zero-order chi connectivity index (χ0) is 31.1. The minimum Gasteiger partial charge on any atom is -0.507 e. The van der Waals surface area contributed by atoms with Crippen molar-refractivity contribution in [3.8, 4) is 45.3 Å². The number of fused-ring (bicyclic) bond motifs is 3. The van der Waals surface area contributed by atoms with Gasteiger partial charge < -0.3 is 20.4 Å². The van der Waals surface area contributed by atoms with Crippen LogP contribution in [0.25, 0.3) is 54.6 Å². The first kappa shape index (κ1) is 27.8. The van der Waals surface area contributed by atoms with Gasteiger partial charge in [-0.2, -0.15) is 0 Å². The largest absolute Gasteiger partial charge is 0.507 e. The number of phenolic OH excluding ortho intramolecular Hbond substituents is 4. The molecule has 226 valence electrons. The topological polar surface area (TPSA) is 80.9 Å². The van der Waals surface area contributed by atoms with Gasteiger partial charge in [0.1, 0.15) is 23.0 Å². The Morgan fingerprint density at radius 2 is 1.04 bits per heavy atom. The Morgan fingerprint density at radius 1 is 0.489 bits per heavy atom. The summed E-state index contributed by atoms with van der Waals surface area (Å²) < 4.78 is 0. The summed E-state index contributed by atoms with van der Waals surface area (Å²) in [6, 6.07) is 23.0. The molecule has 0 spiro atoms. The van der Waals surface area contributed by atoms with Crippen LogP contribution in [0.2, 0.25) is 0 Å². The third kappa shape index (κ3) is 3.91. The van der Waals surface area contributed by atoms with E-state index in [0.29, 0.717) is 32.7 Å². The smallest absolute Gasteiger partial charge is 0.132 e. The van der Waals surface area contributed by atoms with E-state index < -0.39 is 0 Å². The minimum atomic E-state index is -0.0567. The molecule has 2 saturated carbocycles. The molecule has 0 unspecified atom stereocenters. The van der Waals surface area contributed by atoms with Gasteiger partial charge in [0.15, 0.2) is 0 Å². The third-order valence-corrected chi connectivity index (χ3v) is 11.1. The highest BCUT2D eigenvalue weighted by molar-refractivity contribution is 6.23. The number of aromatic hydroxyl groups is 4. The zero-order valence-corrected chi connectivity index (χ0v) is 26.0. The van der Waals surface area contributed by atoms with Crippen molar-refractivity contribution in [3.63, 3.8) is 0 Å². The molecule has 0 aromatic heterocycles. The van der Waals surface area contributed by atoms with E-state index in [9.17, 15) is 20.4 Å². The molecule has 0 amide bonds. The molecule has 6 aromatic rings. The quantitative estimate of drug-likeness (QED) is 0.153. The first-order chi connectivity index (χ1) is 21.8. The summed E-state index contributed by atoms with van der Waals surface area (Å²) in [7, 11) is 0. The van der Waals surface area contributed by atoms with Crippen molar-refractivity contribution in [2.75, 3.05) is 0 Å². The zero-order valence-electron chi connectivity index (χ0n) is 26.0. The number of hydrogen-bond acceptors (Lipinski definition) is 4. The highest BCUT2D eigenvalue weighted by Crippen LogP contribution is 2.59. The molecule has 0 bridgehead atoms. The molecule has 6 aromatic carbocycles. The predicted octanol–water partition coefficient (Wildman–Crippen LogP) is 10.8. The van der Waals surface area contributed by atoms with Crippen molar-refractivity contribution in [3.05, 3.63) is 94.5 Å². The lowest BCUT2D eigenvalue weighted by Gasteiger charge is -2.33. The van der Waals surface area contributed by atoms with E-state index in [1.54, 1.807) is 6.92 Å². The summed E-state index contributed by atoms with van der Waals surface area (Å²) in [6.45, 7) is 5.73. The first-order valence-corrected chi connectivity index (χ1v) is 16.2. The second kappa shape index (κ2) is 10.2. The summed E-state index contributed by atoms with van der Waals surface area (Å²) in [5, 5.41) is 52.1. The molecule has 0 heterocycles. The molecule has 2 fully saturated rings. The highest BCUT2D eigenvalue weighted by Gasteiger charge is 2.35. The molecule has 4 nitrogen and oxygen atoms in total. The predicted molar refractivity (Wildman–Crippen MR) is 184 cm³/mol. The van der Waals surface area contributed by atoms with E-state index in [-0.39, 0.29) is 34.8 Å². The monoisotopic (exact) mass is 594 g/mol. The number of hydrogen-bond donors (Lipinski definition) is 4. The SMILES string of the molecule is Cc1c(C)c(C2CCC2)c2c(O)c3c(C4CCC4)c(O)c(C)c(O)c3c(-c3ccc(-c4cccc5ccccc45)cc3)c2c1O. The Labute approximate surface area is 263 Å². The van der Waals surface area contributed by atoms with E-state index in [2.05, 4.69) is 66.7 Å². The average molecular weight is 595 g/mol. The Kier molecular flexibility index (Phi) is 6.29. The molecular formula is C41H38O4. The van der Waals surface area contributed by atoms with Crippen LogP contribution in [0, 0.1) is 20.8 Å². The van der Waals surface area contributed by atoms with Crippen molar-refractivity contribution in [1.29, 1.82) is 0 Å². The molecule has 2 aliphatic carbocycles. The van der Waals surface area contributed by atoms with E-state index in [1.807, 2.05) is 13.8 Å². The molecule has 4 heteroatoms. The minimum absolute atomic E-state index is 0.0567. The highest BCUT2D eigenvalue weighted by atomic mass is 16.3. The molecule has 2 aliphatic rings. The van der Waals surface area contributed by atoms with E-state index in [0.717, 1.165) is 77.5 Å². The molecule has 0 saturated heterocycles. The van der Waals surface area contributed by atoms with Gasteiger partial charge in [-0.15, -0.1) is 0 Å². The van der Waals surface area contributed by atoms with Crippen LogP contribution in [0.15, 0.2) is 66.7 Å². The molecule has 45 heavy (non-hydrogen) atoms.